The van der Waals surface area contributed by atoms with Gasteiger partial charge in [0.25, 0.3) is 0 Å². The monoisotopic (exact) mass is 196 g/mol. The van der Waals surface area contributed by atoms with Gasteiger partial charge in [0.1, 0.15) is 0 Å². The Kier molecular flexibility index (Phi) is 4.59. The largest absolute Gasteiger partial charge is 0.392 e. The highest BCUT2D eigenvalue weighted by Gasteiger charge is 2.00. The van der Waals surface area contributed by atoms with Gasteiger partial charge in [-0.15, -0.1) is 0 Å². The van der Waals surface area contributed by atoms with Crippen molar-refractivity contribution in [1.82, 2.24) is 0 Å². The average molecular weight is 196 g/mol. The van der Waals surface area contributed by atoms with Gasteiger partial charge in [0.05, 0.1) is 19.8 Å². The predicted molar refractivity (Wildman–Crippen MR) is 53.8 cm³/mol. The van der Waals surface area contributed by atoms with Gasteiger partial charge in [-0.2, -0.15) is 0 Å². The van der Waals surface area contributed by atoms with Crippen LogP contribution in [0.15, 0.2) is 18.2 Å². The van der Waals surface area contributed by atoms with Crippen molar-refractivity contribution in [3.05, 3.63) is 34.9 Å². The lowest BCUT2D eigenvalue weighted by Crippen LogP contribution is -1.96. The maximum Gasteiger partial charge on any atom is 0.0713 e. The van der Waals surface area contributed by atoms with Crippen LogP contribution in [0.2, 0.25) is 0 Å². The summed E-state index contributed by atoms with van der Waals surface area (Å²) < 4.78 is 10.1. The molecule has 0 atom stereocenters. The highest BCUT2D eigenvalue weighted by molar-refractivity contribution is 5.29. The minimum Gasteiger partial charge on any atom is -0.392 e. The minimum atomic E-state index is 0.0499. The van der Waals surface area contributed by atoms with Crippen LogP contribution < -0.4 is 0 Å². The Labute approximate surface area is 84.3 Å². The Morgan fingerprint density at radius 3 is 1.71 bits per heavy atom. The first-order valence-electron chi connectivity index (χ1n) is 4.50. The second kappa shape index (κ2) is 5.75. The molecule has 0 radical (unpaired) electrons. The summed E-state index contributed by atoms with van der Waals surface area (Å²) in [5, 5.41) is 9.04. The van der Waals surface area contributed by atoms with Crippen molar-refractivity contribution >= 4 is 0 Å². The van der Waals surface area contributed by atoms with Crippen molar-refractivity contribution in [1.29, 1.82) is 0 Å². The molecule has 0 saturated heterocycles. The van der Waals surface area contributed by atoms with Crippen LogP contribution in [0.25, 0.3) is 0 Å². The van der Waals surface area contributed by atoms with Gasteiger partial charge in [-0.3, -0.25) is 0 Å². The number of hydrogen-bond donors (Lipinski definition) is 1. The Morgan fingerprint density at radius 2 is 1.36 bits per heavy atom. The minimum absolute atomic E-state index is 0.0499. The first-order valence-corrected chi connectivity index (χ1v) is 4.50. The molecular weight excluding hydrogens is 180 g/mol. The molecule has 0 bridgehead atoms. The maximum atomic E-state index is 9.04. The lowest BCUT2D eigenvalue weighted by atomic mass is 10.1. The van der Waals surface area contributed by atoms with E-state index in [1.807, 2.05) is 18.2 Å². The summed E-state index contributed by atoms with van der Waals surface area (Å²) in [4.78, 5) is 0. The van der Waals surface area contributed by atoms with E-state index in [9.17, 15) is 0 Å². The molecule has 0 aliphatic rings. The van der Waals surface area contributed by atoms with E-state index in [-0.39, 0.29) is 6.61 Å². The smallest absolute Gasteiger partial charge is 0.0713 e. The summed E-state index contributed by atoms with van der Waals surface area (Å²) in [5.74, 6) is 0. The van der Waals surface area contributed by atoms with Crippen LogP contribution in [0.3, 0.4) is 0 Å². The third-order valence-electron chi connectivity index (χ3n) is 1.92. The highest BCUT2D eigenvalue weighted by atomic mass is 16.5. The number of hydrogen-bond acceptors (Lipinski definition) is 3. The van der Waals surface area contributed by atoms with E-state index < -0.39 is 0 Å². The van der Waals surface area contributed by atoms with Crippen molar-refractivity contribution in [2.75, 3.05) is 14.2 Å². The summed E-state index contributed by atoms with van der Waals surface area (Å²) in [6, 6.07) is 5.89. The lowest BCUT2D eigenvalue weighted by molar-refractivity contribution is 0.179. The zero-order valence-corrected chi connectivity index (χ0v) is 8.62. The van der Waals surface area contributed by atoms with Gasteiger partial charge >= 0.3 is 0 Å². The third-order valence-corrected chi connectivity index (χ3v) is 1.92. The second-order valence-electron chi connectivity index (χ2n) is 3.18. The van der Waals surface area contributed by atoms with Gasteiger partial charge in [0, 0.05) is 14.2 Å². The summed E-state index contributed by atoms with van der Waals surface area (Å²) in [6.45, 7) is 1.17. The van der Waals surface area contributed by atoms with Gasteiger partial charge < -0.3 is 14.6 Å². The second-order valence-corrected chi connectivity index (χ2v) is 3.18. The van der Waals surface area contributed by atoms with Crippen molar-refractivity contribution in [2.24, 2.45) is 0 Å². The normalized spacial score (nSPS) is 10.5. The van der Waals surface area contributed by atoms with Crippen LogP contribution in [-0.2, 0) is 29.3 Å². The van der Waals surface area contributed by atoms with Crippen LogP contribution in [0.5, 0.6) is 0 Å². The quantitative estimate of drug-likeness (QED) is 0.775. The van der Waals surface area contributed by atoms with E-state index in [0.717, 1.165) is 16.7 Å². The maximum absolute atomic E-state index is 9.04. The molecule has 0 aliphatic heterocycles. The molecule has 0 spiro atoms. The van der Waals surface area contributed by atoms with Crippen LogP contribution in [0, 0.1) is 0 Å². The van der Waals surface area contributed by atoms with E-state index >= 15 is 0 Å². The van der Waals surface area contributed by atoms with E-state index in [1.165, 1.54) is 0 Å². The first kappa shape index (κ1) is 11.2. The fraction of sp³-hybridized carbons (Fsp3) is 0.455. The molecule has 78 valence electrons. The Hall–Kier alpha value is -0.900. The van der Waals surface area contributed by atoms with E-state index in [1.54, 1.807) is 14.2 Å². The molecule has 0 saturated carbocycles. The van der Waals surface area contributed by atoms with Crippen LogP contribution in [0.1, 0.15) is 16.7 Å². The summed E-state index contributed by atoms with van der Waals surface area (Å²) >= 11 is 0. The van der Waals surface area contributed by atoms with Crippen LogP contribution in [0.4, 0.5) is 0 Å². The van der Waals surface area contributed by atoms with Crippen molar-refractivity contribution in [3.63, 3.8) is 0 Å². The standard InChI is InChI=1S/C11H16O3/c1-13-7-10-3-9(6-12)4-11(5-10)8-14-2/h3-5,12H,6-8H2,1-2H3. The summed E-state index contributed by atoms with van der Waals surface area (Å²) in [6.07, 6.45) is 0. The van der Waals surface area contributed by atoms with E-state index in [4.69, 9.17) is 14.6 Å². The number of methoxy groups -OCH3 is 2. The Bertz CT molecular complexity index is 260. The fourth-order valence-corrected chi connectivity index (χ4v) is 1.43. The molecule has 0 aliphatic carbocycles. The third kappa shape index (κ3) is 3.10. The highest BCUT2D eigenvalue weighted by Crippen LogP contribution is 2.12. The number of ether oxygens (including phenoxy) is 2. The molecule has 0 amide bonds. The molecule has 3 nitrogen and oxygen atoms in total. The predicted octanol–water partition coefficient (Wildman–Crippen LogP) is 1.47. The van der Waals surface area contributed by atoms with Gasteiger partial charge in [0.2, 0.25) is 0 Å². The molecule has 3 heteroatoms. The number of benzene rings is 1. The van der Waals surface area contributed by atoms with Crippen molar-refractivity contribution < 1.29 is 14.6 Å². The molecule has 1 rings (SSSR count). The zero-order valence-electron chi connectivity index (χ0n) is 8.62. The fourth-order valence-electron chi connectivity index (χ4n) is 1.43. The van der Waals surface area contributed by atoms with Crippen molar-refractivity contribution in [3.8, 4) is 0 Å². The Balaban J connectivity index is 2.88. The Morgan fingerprint density at radius 1 is 0.929 bits per heavy atom. The summed E-state index contributed by atoms with van der Waals surface area (Å²) in [5.41, 5.74) is 3.02. The van der Waals surface area contributed by atoms with E-state index in [2.05, 4.69) is 0 Å². The number of rotatable bonds is 5. The van der Waals surface area contributed by atoms with Gasteiger partial charge in [-0.25, -0.2) is 0 Å². The molecule has 1 aromatic rings. The van der Waals surface area contributed by atoms with Gasteiger partial charge in [0.15, 0.2) is 0 Å². The van der Waals surface area contributed by atoms with Crippen LogP contribution >= 0.6 is 0 Å². The molecule has 0 aromatic heterocycles. The molecule has 0 heterocycles. The molecule has 1 aromatic carbocycles. The molecule has 0 fully saturated rings. The molecular formula is C11H16O3. The molecule has 1 N–H and O–H groups in total. The molecule has 14 heavy (non-hydrogen) atoms. The number of aliphatic hydroxyl groups is 1. The van der Waals surface area contributed by atoms with Gasteiger partial charge in [-0.1, -0.05) is 18.2 Å². The topological polar surface area (TPSA) is 38.7 Å². The molecule has 0 unspecified atom stereocenters. The SMILES string of the molecule is COCc1cc(CO)cc(COC)c1. The lowest BCUT2D eigenvalue weighted by Gasteiger charge is -2.07. The zero-order chi connectivity index (χ0) is 10.4. The summed E-state index contributed by atoms with van der Waals surface area (Å²) in [7, 11) is 3.31. The average Bonchev–Trinajstić information content (AvgIpc) is 2.18. The van der Waals surface area contributed by atoms with E-state index in [0.29, 0.717) is 13.2 Å². The first-order chi connectivity index (χ1) is 6.80. The van der Waals surface area contributed by atoms with Crippen molar-refractivity contribution in [2.45, 2.75) is 19.8 Å². The number of aliphatic hydroxyl groups excluding tert-OH is 1. The van der Waals surface area contributed by atoms with Gasteiger partial charge in [-0.05, 0) is 16.7 Å². The van der Waals surface area contributed by atoms with Crippen LogP contribution in [-0.4, -0.2) is 19.3 Å².